The molecule has 1 aliphatic rings. The Kier molecular flexibility index (Phi) is 4.05. The Morgan fingerprint density at radius 1 is 1.31 bits per heavy atom. The fourth-order valence-corrected chi connectivity index (χ4v) is 1.51. The maximum absolute atomic E-state index is 5.55. The molecule has 2 rings (SSSR count). The molecular weight excluding hydrogens is 202 g/mol. The third kappa shape index (κ3) is 3.46. The Labute approximate surface area is 95.7 Å². The van der Waals surface area contributed by atoms with Crippen molar-refractivity contribution in [2.24, 2.45) is 4.99 Å². The molecule has 0 spiro atoms. The molecule has 1 aromatic rings. The van der Waals surface area contributed by atoms with Crippen LogP contribution in [-0.4, -0.2) is 32.2 Å². The number of ether oxygens (including phenoxy) is 1. The molecule has 0 fully saturated rings. The van der Waals surface area contributed by atoms with Crippen LogP contribution >= 0.6 is 0 Å². The van der Waals surface area contributed by atoms with E-state index in [0.717, 1.165) is 37.8 Å². The zero-order valence-corrected chi connectivity index (χ0v) is 9.28. The molecule has 4 nitrogen and oxygen atoms in total. The number of hydrogen-bond donors (Lipinski definition) is 2. The monoisotopic (exact) mass is 219 g/mol. The minimum atomic E-state index is 0.644. The van der Waals surface area contributed by atoms with Gasteiger partial charge in [-0.05, 0) is 18.6 Å². The van der Waals surface area contributed by atoms with Crippen molar-refractivity contribution in [3.8, 4) is 5.75 Å². The maximum atomic E-state index is 5.55. The number of benzene rings is 1. The lowest BCUT2D eigenvalue weighted by Crippen LogP contribution is -2.42. The number of aliphatic imine (C=N–C) groups is 1. The fraction of sp³-hybridized carbons (Fsp3) is 0.417. The Hall–Kier alpha value is -1.71. The predicted molar refractivity (Wildman–Crippen MR) is 64.9 cm³/mol. The van der Waals surface area contributed by atoms with Crippen LogP contribution in [0.3, 0.4) is 0 Å². The number of nitrogens with zero attached hydrogens (tertiary/aromatic N) is 1. The van der Waals surface area contributed by atoms with E-state index in [0.29, 0.717) is 6.61 Å². The molecule has 0 radical (unpaired) electrons. The van der Waals surface area contributed by atoms with Crippen molar-refractivity contribution in [2.75, 3.05) is 26.2 Å². The zero-order valence-electron chi connectivity index (χ0n) is 9.28. The van der Waals surface area contributed by atoms with Crippen LogP contribution in [0.15, 0.2) is 35.3 Å². The van der Waals surface area contributed by atoms with E-state index in [9.17, 15) is 0 Å². The molecule has 0 aromatic heterocycles. The van der Waals surface area contributed by atoms with Crippen molar-refractivity contribution in [3.05, 3.63) is 30.3 Å². The molecule has 1 aliphatic heterocycles. The highest BCUT2D eigenvalue weighted by atomic mass is 16.5. The maximum Gasteiger partial charge on any atom is 0.191 e. The second kappa shape index (κ2) is 6.00. The number of para-hydroxylation sites is 1. The normalized spacial score (nSPS) is 14.9. The lowest BCUT2D eigenvalue weighted by molar-refractivity contribution is 0.321. The van der Waals surface area contributed by atoms with Gasteiger partial charge in [0.05, 0.1) is 6.54 Å². The molecule has 1 heterocycles. The summed E-state index contributed by atoms with van der Waals surface area (Å²) in [5, 5.41) is 6.41. The SMILES string of the molecule is c1ccc(OCCNC2=NCCCN2)cc1. The molecule has 0 saturated heterocycles. The van der Waals surface area contributed by atoms with E-state index in [1.807, 2.05) is 30.3 Å². The van der Waals surface area contributed by atoms with Gasteiger partial charge in [0.1, 0.15) is 12.4 Å². The van der Waals surface area contributed by atoms with E-state index in [1.54, 1.807) is 0 Å². The van der Waals surface area contributed by atoms with Gasteiger partial charge in [0, 0.05) is 13.1 Å². The number of rotatable bonds is 4. The summed E-state index contributed by atoms with van der Waals surface area (Å²) in [5.74, 6) is 1.80. The van der Waals surface area contributed by atoms with Crippen molar-refractivity contribution in [1.82, 2.24) is 10.6 Å². The zero-order chi connectivity index (χ0) is 11.1. The Bertz CT molecular complexity index is 337. The molecule has 0 amide bonds. The molecule has 16 heavy (non-hydrogen) atoms. The average Bonchev–Trinajstić information content (AvgIpc) is 2.37. The topological polar surface area (TPSA) is 45.6 Å². The highest BCUT2D eigenvalue weighted by Crippen LogP contribution is 2.07. The van der Waals surface area contributed by atoms with Crippen LogP contribution in [0.4, 0.5) is 0 Å². The quantitative estimate of drug-likeness (QED) is 0.743. The largest absolute Gasteiger partial charge is 0.492 e. The van der Waals surface area contributed by atoms with Gasteiger partial charge in [-0.1, -0.05) is 18.2 Å². The van der Waals surface area contributed by atoms with Gasteiger partial charge >= 0.3 is 0 Å². The number of guanidine groups is 1. The minimum absolute atomic E-state index is 0.644. The van der Waals surface area contributed by atoms with Gasteiger partial charge in [0.2, 0.25) is 0 Å². The van der Waals surface area contributed by atoms with E-state index in [2.05, 4.69) is 15.6 Å². The molecule has 0 aliphatic carbocycles. The van der Waals surface area contributed by atoms with Gasteiger partial charge in [-0.15, -0.1) is 0 Å². The van der Waals surface area contributed by atoms with E-state index in [-0.39, 0.29) is 0 Å². The van der Waals surface area contributed by atoms with Gasteiger partial charge in [-0.3, -0.25) is 4.99 Å². The first kappa shape index (κ1) is 10.8. The summed E-state index contributed by atoms with van der Waals surface area (Å²) in [4.78, 5) is 4.31. The summed E-state index contributed by atoms with van der Waals surface area (Å²) in [5.41, 5.74) is 0. The van der Waals surface area contributed by atoms with Gasteiger partial charge in [-0.25, -0.2) is 0 Å². The van der Waals surface area contributed by atoms with Crippen LogP contribution in [0.5, 0.6) is 5.75 Å². The molecule has 0 bridgehead atoms. The van der Waals surface area contributed by atoms with Crippen molar-refractivity contribution >= 4 is 5.96 Å². The van der Waals surface area contributed by atoms with Crippen molar-refractivity contribution in [3.63, 3.8) is 0 Å². The second-order valence-electron chi connectivity index (χ2n) is 3.60. The highest BCUT2D eigenvalue weighted by molar-refractivity contribution is 5.80. The molecule has 2 N–H and O–H groups in total. The van der Waals surface area contributed by atoms with Crippen LogP contribution in [0.25, 0.3) is 0 Å². The first-order chi connectivity index (χ1) is 7.95. The highest BCUT2D eigenvalue weighted by Gasteiger charge is 2.01. The third-order valence-corrected chi connectivity index (χ3v) is 2.30. The van der Waals surface area contributed by atoms with Crippen LogP contribution < -0.4 is 15.4 Å². The summed E-state index contributed by atoms with van der Waals surface area (Å²) >= 11 is 0. The average molecular weight is 219 g/mol. The summed E-state index contributed by atoms with van der Waals surface area (Å²) in [6.07, 6.45) is 1.12. The molecule has 0 unspecified atom stereocenters. The number of nitrogens with one attached hydrogen (secondary N) is 2. The summed E-state index contributed by atoms with van der Waals surface area (Å²) < 4.78 is 5.55. The lowest BCUT2D eigenvalue weighted by atomic mass is 10.3. The van der Waals surface area contributed by atoms with Crippen LogP contribution in [0.1, 0.15) is 6.42 Å². The van der Waals surface area contributed by atoms with E-state index < -0.39 is 0 Å². The fourth-order valence-electron chi connectivity index (χ4n) is 1.51. The first-order valence-corrected chi connectivity index (χ1v) is 5.65. The summed E-state index contributed by atoms with van der Waals surface area (Å²) in [6.45, 7) is 3.33. The molecule has 4 heteroatoms. The van der Waals surface area contributed by atoms with Crippen LogP contribution in [-0.2, 0) is 0 Å². The minimum Gasteiger partial charge on any atom is -0.492 e. The smallest absolute Gasteiger partial charge is 0.191 e. The third-order valence-electron chi connectivity index (χ3n) is 2.30. The molecule has 0 saturated carbocycles. The van der Waals surface area contributed by atoms with Crippen molar-refractivity contribution < 1.29 is 4.74 Å². The standard InChI is InChI=1S/C12H17N3O/c1-2-5-11(6-3-1)16-10-9-15-12-13-7-4-8-14-12/h1-3,5-6H,4,7-10H2,(H2,13,14,15). The van der Waals surface area contributed by atoms with Crippen molar-refractivity contribution in [2.45, 2.75) is 6.42 Å². The first-order valence-electron chi connectivity index (χ1n) is 5.65. The van der Waals surface area contributed by atoms with Gasteiger partial charge in [-0.2, -0.15) is 0 Å². The summed E-state index contributed by atoms with van der Waals surface area (Å²) in [7, 11) is 0. The molecule has 1 aromatic carbocycles. The van der Waals surface area contributed by atoms with E-state index in [1.165, 1.54) is 0 Å². The van der Waals surface area contributed by atoms with Gasteiger partial charge < -0.3 is 15.4 Å². The van der Waals surface area contributed by atoms with E-state index in [4.69, 9.17) is 4.74 Å². The molecule has 86 valence electrons. The lowest BCUT2D eigenvalue weighted by Gasteiger charge is -2.16. The second-order valence-corrected chi connectivity index (χ2v) is 3.60. The Balaban J connectivity index is 1.63. The molecule has 0 atom stereocenters. The van der Waals surface area contributed by atoms with Crippen LogP contribution in [0, 0.1) is 0 Å². The molecular formula is C12H17N3O. The van der Waals surface area contributed by atoms with E-state index >= 15 is 0 Å². The Morgan fingerprint density at radius 2 is 2.19 bits per heavy atom. The predicted octanol–water partition coefficient (Wildman–Crippen LogP) is 1.00. The summed E-state index contributed by atoms with van der Waals surface area (Å²) in [6, 6.07) is 9.82. The van der Waals surface area contributed by atoms with Gasteiger partial charge in [0.25, 0.3) is 0 Å². The number of hydrogen-bond acceptors (Lipinski definition) is 4. The van der Waals surface area contributed by atoms with Gasteiger partial charge in [0.15, 0.2) is 5.96 Å². The van der Waals surface area contributed by atoms with Crippen LogP contribution in [0.2, 0.25) is 0 Å². The Morgan fingerprint density at radius 3 is 2.94 bits per heavy atom. The van der Waals surface area contributed by atoms with Crippen molar-refractivity contribution in [1.29, 1.82) is 0 Å².